The van der Waals surface area contributed by atoms with Crippen LogP contribution in [-0.4, -0.2) is 103 Å². The molecule has 274 valence electrons. The third-order valence-corrected chi connectivity index (χ3v) is 12.4. The van der Waals surface area contributed by atoms with Crippen LogP contribution >= 0.6 is 0 Å². The molecule has 4 aliphatic carbocycles. The normalized spacial score (nSPS) is 42.1. The molecule has 5 rings (SSSR count). The molecule has 0 aromatic heterocycles. The Morgan fingerprint density at radius 2 is 1.76 bits per heavy atom. The average molecular weight is 765 g/mol. The van der Waals surface area contributed by atoms with Crippen LogP contribution in [0.3, 0.4) is 0 Å². The first-order chi connectivity index (χ1) is 22.2. The van der Waals surface area contributed by atoms with Crippen molar-refractivity contribution in [2.24, 2.45) is 40.4 Å². The van der Waals surface area contributed by atoms with Crippen LogP contribution in [0.2, 0.25) is 0 Å². The second-order valence-electron chi connectivity index (χ2n) is 14.8. The van der Waals surface area contributed by atoms with Gasteiger partial charge in [-0.15, -0.1) is 0 Å². The summed E-state index contributed by atoms with van der Waals surface area (Å²) >= 11 is 0. The summed E-state index contributed by atoms with van der Waals surface area (Å²) in [6.45, 7) is 8.47. The third-order valence-electron chi connectivity index (χ3n) is 11.5. The van der Waals surface area contributed by atoms with Crippen molar-refractivity contribution in [1.82, 2.24) is 0 Å². The van der Waals surface area contributed by atoms with Gasteiger partial charge in [0.25, 0.3) is 0 Å². The van der Waals surface area contributed by atoms with Gasteiger partial charge in [-0.2, -0.15) is 8.42 Å². The summed E-state index contributed by atoms with van der Waals surface area (Å²) in [5.74, 6) is -3.32. The Morgan fingerprint density at radius 1 is 1.08 bits per heavy atom. The Morgan fingerprint density at radius 3 is 2.33 bits per heavy atom. The van der Waals surface area contributed by atoms with Crippen LogP contribution < -0.4 is 51.4 Å². The number of hydrogen-bond acceptors (Lipinski definition) is 14. The molecule has 7 unspecified atom stereocenters. The van der Waals surface area contributed by atoms with Crippen molar-refractivity contribution in [3.8, 4) is 0 Å². The number of ether oxygens (including phenoxy) is 3. The van der Waals surface area contributed by atoms with E-state index in [0.717, 1.165) is 24.8 Å². The Bertz CT molecular complexity index is 1490. The predicted molar refractivity (Wildman–Crippen MR) is 161 cm³/mol. The van der Waals surface area contributed by atoms with Crippen LogP contribution in [-0.2, 0) is 53.0 Å². The van der Waals surface area contributed by atoms with Gasteiger partial charge in [0.1, 0.15) is 18.3 Å². The minimum atomic E-state index is -5.67. The molecule has 1 spiro atoms. The first kappa shape index (κ1) is 41.6. The zero-order valence-corrected chi connectivity index (χ0v) is 32.8. The zero-order chi connectivity index (χ0) is 35.6. The molecular weight excluding hydrogens is 720 g/mol. The maximum atomic E-state index is 12.9. The van der Waals surface area contributed by atoms with E-state index in [1.165, 1.54) is 0 Å². The summed E-state index contributed by atoms with van der Waals surface area (Å²) in [7, 11) is -11.0. The van der Waals surface area contributed by atoms with Crippen LogP contribution in [0, 0.1) is 40.4 Å². The molecule has 0 radical (unpaired) electrons. The SMILES string of the molecule is C=C1C2CC[C@@H]3C(CC[C@@H]4[C@H](C(=O)O)C[C@@H](OC5OC(CO)C(OS(=O)(=O)O)C(OS(=O)(=O)[O-])C5OC(=O)CC(C)C)C[C@]43C)(C2)[C@H]1O.[K+]. The fourth-order valence-corrected chi connectivity index (χ4v) is 10.8. The van der Waals surface area contributed by atoms with Gasteiger partial charge in [-0.1, -0.05) is 27.4 Å². The average Bonchev–Trinajstić information content (AvgIpc) is 3.12. The fraction of sp³-hybridized carbons (Fsp3) is 0.867. The molecule has 13 atom stereocenters. The van der Waals surface area contributed by atoms with Crippen molar-refractivity contribution in [1.29, 1.82) is 0 Å². The van der Waals surface area contributed by atoms with E-state index >= 15 is 0 Å². The minimum Gasteiger partial charge on any atom is -0.726 e. The van der Waals surface area contributed by atoms with E-state index in [4.69, 9.17) is 14.2 Å². The maximum Gasteiger partial charge on any atom is 1.00 e. The van der Waals surface area contributed by atoms with E-state index in [-0.39, 0.29) is 94.3 Å². The van der Waals surface area contributed by atoms with Gasteiger partial charge in [0.15, 0.2) is 12.4 Å². The molecule has 4 saturated carbocycles. The van der Waals surface area contributed by atoms with E-state index in [9.17, 15) is 50.8 Å². The summed E-state index contributed by atoms with van der Waals surface area (Å²) < 4.78 is 95.2. The maximum absolute atomic E-state index is 12.9. The molecule has 5 aliphatic rings. The standard InChI is InChI=1S/C30H46O16S2.K/c1-14(2)9-22(32)44-25-24(46-48(39,40)41)23(45-47(36,37)38)20(13-31)43-28(25)42-17-10-18(27(34)35)19-7-8-30-11-16(15(3)26(30)33)5-6-21(30)29(19,4)12-17;/h14,16-21,23-26,28,31,33H,3,5-13H2,1-2,4H3,(H,34,35)(H,36,37,38)(H,39,40,41);/q;+1/p-1/t16?,17-,18-,19-,20?,21+,23?,24?,25?,26+,28?,29-,30?;/m1./s1. The van der Waals surface area contributed by atoms with Gasteiger partial charge in [-0.3, -0.25) is 18.3 Å². The molecule has 16 nitrogen and oxygen atoms in total. The van der Waals surface area contributed by atoms with Crippen molar-refractivity contribution in [2.75, 3.05) is 6.61 Å². The predicted octanol–water partition coefficient (Wildman–Crippen LogP) is -1.67. The molecular formula is C30H45KO16S2. The summed E-state index contributed by atoms with van der Waals surface area (Å²) in [6.07, 6.45) is -8.22. The summed E-state index contributed by atoms with van der Waals surface area (Å²) in [5.41, 5.74) is -0.341. The molecule has 1 saturated heterocycles. The van der Waals surface area contributed by atoms with Crippen LogP contribution in [0.1, 0.15) is 72.1 Å². The van der Waals surface area contributed by atoms with Crippen molar-refractivity contribution in [3.05, 3.63) is 12.2 Å². The summed E-state index contributed by atoms with van der Waals surface area (Å²) in [4.78, 5) is 25.6. The topological polar surface area (TPSA) is 253 Å². The van der Waals surface area contributed by atoms with Crippen molar-refractivity contribution in [3.63, 3.8) is 0 Å². The van der Waals surface area contributed by atoms with E-state index in [0.29, 0.717) is 12.8 Å². The number of carbonyl (C=O) groups excluding carboxylic acids is 1. The van der Waals surface area contributed by atoms with Gasteiger partial charge in [-0.05, 0) is 79.6 Å². The zero-order valence-electron chi connectivity index (χ0n) is 28.0. The quantitative estimate of drug-likeness (QED) is 0.0458. The Kier molecular flexibility index (Phi) is 13.0. The number of carbonyl (C=O) groups is 2. The van der Waals surface area contributed by atoms with Gasteiger partial charge in [0.2, 0.25) is 10.4 Å². The molecule has 5 fully saturated rings. The Labute approximate surface area is 328 Å². The number of aliphatic carboxylic acids is 1. The number of esters is 1. The van der Waals surface area contributed by atoms with Gasteiger partial charge in [-0.25, -0.2) is 12.6 Å². The van der Waals surface area contributed by atoms with Gasteiger partial charge in [0, 0.05) is 11.8 Å². The number of hydrogen-bond donors (Lipinski definition) is 4. The van der Waals surface area contributed by atoms with Crippen LogP contribution in [0.25, 0.3) is 0 Å². The molecule has 19 heteroatoms. The number of aliphatic hydroxyl groups is 2. The number of carboxylic acids is 1. The van der Waals surface area contributed by atoms with Crippen molar-refractivity contribution < 1.29 is 125 Å². The molecule has 4 N–H and O–H groups in total. The first-order valence-electron chi connectivity index (χ1n) is 16.2. The summed E-state index contributed by atoms with van der Waals surface area (Å²) in [5, 5.41) is 31.9. The van der Waals surface area contributed by atoms with E-state index < -0.39 is 99.0 Å². The number of fused-ring (bicyclic) bond motifs is 3. The van der Waals surface area contributed by atoms with E-state index in [2.05, 4.69) is 14.9 Å². The Balaban J connectivity index is 0.00000541. The fourth-order valence-electron chi connectivity index (χ4n) is 9.82. The minimum absolute atomic E-state index is 0. The molecule has 0 aromatic carbocycles. The molecule has 1 aliphatic heterocycles. The molecule has 2 bridgehead atoms. The molecule has 0 aromatic rings. The molecule has 49 heavy (non-hydrogen) atoms. The van der Waals surface area contributed by atoms with Crippen LogP contribution in [0.5, 0.6) is 0 Å². The summed E-state index contributed by atoms with van der Waals surface area (Å²) in [6, 6.07) is 0. The smallest absolute Gasteiger partial charge is 0.726 e. The van der Waals surface area contributed by atoms with Crippen LogP contribution in [0.15, 0.2) is 12.2 Å². The van der Waals surface area contributed by atoms with Gasteiger partial charge >= 0.3 is 73.7 Å². The second-order valence-corrected chi connectivity index (χ2v) is 16.8. The van der Waals surface area contributed by atoms with E-state index in [1.807, 2.05) is 6.92 Å². The van der Waals surface area contributed by atoms with E-state index in [1.54, 1.807) is 13.8 Å². The van der Waals surface area contributed by atoms with Crippen molar-refractivity contribution in [2.45, 2.75) is 115 Å². The van der Waals surface area contributed by atoms with Gasteiger partial charge < -0.3 is 34.1 Å². The number of carboxylic acid groups (broad SMARTS) is 1. The molecule has 0 amide bonds. The Hall–Kier alpha value is -0.104. The number of rotatable bonds is 11. The molecule has 1 heterocycles. The second kappa shape index (κ2) is 15.3. The first-order valence-corrected chi connectivity index (χ1v) is 18.9. The monoisotopic (exact) mass is 764 g/mol. The van der Waals surface area contributed by atoms with Crippen LogP contribution in [0.4, 0.5) is 0 Å². The van der Waals surface area contributed by atoms with Crippen molar-refractivity contribution >= 4 is 32.7 Å². The largest absolute Gasteiger partial charge is 1.00 e. The number of aliphatic hydroxyl groups excluding tert-OH is 2. The third kappa shape index (κ3) is 8.51. The van der Waals surface area contributed by atoms with Gasteiger partial charge in [0.05, 0.1) is 24.7 Å².